The summed E-state index contributed by atoms with van der Waals surface area (Å²) in [5, 5.41) is 9.85. The number of methoxy groups -OCH3 is 1. The Hall–Kier alpha value is -4.45. The zero-order chi connectivity index (χ0) is 31.9. The number of carboxylic acid groups (broad SMARTS) is 1. The van der Waals surface area contributed by atoms with E-state index in [1.165, 1.54) is 42.5 Å². The molecule has 45 heavy (non-hydrogen) atoms. The maximum Gasteiger partial charge on any atom is 0.335 e. The molecule has 5 aromatic rings. The van der Waals surface area contributed by atoms with Crippen LogP contribution in [0.5, 0.6) is 5.88 Å². The molecule has 1 saturated heterocycles. The van der Waals surface area contributed by atoms with E-state index in [2.05, 4.69) is 9.97 Å². The van der Waals surface area contributed by atoms with Crippen LogP contribution in [0.2, 0.25) is 5.02 Å². The number of carboxylic acids is 1. The number of fused-ring (bicyclic) bond motifs is 1. The van der Waals surface area contributed by atoms with Gasteiger partial charge in [-0.15, -0.1) is 0 Å². The van der Waals surface area contributed by atoms with Crippen molar-refractivity contribution in [3.63, 3.8) is 0 Å². The van der Waals surface area contributed by atoms with Crippen LogP contribution in [0, 0.1) is 17.5 Å². The lowest BCUT2D eigenvalue weighted by molar-refractivity contribution is -0.0218. The molecular weight excluding hydrogens is 611 g/mol. The number of nitrogens with zero attached hydrogens (tertiary/aromatic N) is 3. The molecule has 0 aliphatic carbocycles. The summed E-state index contributed by atoms with van der Waals surface area (Å²) in [7, 11) is 1.56. The topological polar surface area (TPSA) is 95.7 Å². The number of hydrogen-bond donors (Lipinski definition) is 1. The van der Waals surface area contributed by atoms with Crippen LogP contribution in [0.25, 0.3) is 22.3 Å². The average Bonchev–Trinajstić information content (AvgIpc) is 3.57. The fourth-order valence-corrected chi connectivity index (χ4v) is 5.62. The van der Waals surface area contributed by atoms with Crippen molar-refractivity contribution < 1.29 is 37.3 Å². The minimum Gasteiger partial charge on any atom is -0.478 e. The molecule has 12 heteroatoms. The van der Waals surface area contributed by atoms with Gasteiger partial charge in [-0.3, -0.25) is 0 Å². The number of rotatable bonds is 9. The molecule has 0 saturated carbocycles. The molecule has 0 radical (unpaired) electrons. The first-order valence-electron chi connectivity index (χ1n) is 14.0. The van der Waals surface area contributed by atoms with Crippen LogP contribution in [-0.2, 0) is 22.5 Å². The van der Waals surface area contributed by atoms with Gasteiger partial charge in [0.15, 0.2) is 0 Å². The Morgan fingerprint density at radius 1 is 1.04 bits per heavy atom. The van der Waals surface area contributed by atoms with E-state index in [0.29, 0.717) is 16.9 Å². The largest absolute Gasteiger partial charge is 0.478 e. The number of carbonyl (C=O) groups is 1. The second-order valence-electron chi connectivity index (χ2n) is 10.9. The van der Waals surface area contributed by atoms with Crippen molar-refractivity contribution in [1.82, 2.24) is 14.5 Å². The third-order valence-electron chi connectivity index (χ3n) is 8.03. The highest BCUT2D eigenvalue weighted by Crippen LogP contribution is 2.37. The van der Waals surface area contributed by atoms with Gasteiger partial charge in [-0.05, 0) is 61.0 Å². The molecule has 1 N–H and O–H groups in total. The number of pyridine rings is 1. The molecule has 232 valence electrons. The Kier molecular flexibility index (Phi) is 8.25. The zero-order valence-corrected chi connectivity index (χ0v) is 24.9. The van der Waals surface area contributed by atoms with Crippen LogP contribution in [0.1, 0.15) is 40.3 Å². The number of aromatic nitrogens is 3. The molecule has 2 atom stereocenters. The summed E-state index contributed by atoms with van der Waals surface area (Å²) in [6.07, 6.45) is -0.0976. The molecule has 1 aliphatic heterocycles. The fourth-order valence-electron chi connectivity index (χ4n) is 5.46. The first-order valence-corrected chi connectivity index (χ1v) is 14.3. The van der Waals surface area contributed by atoms with Gasteiger partial charge in [-0.2, -0.15) is 0 Å². The number of ether oxygens (including phenoxy) is 3. The highest BCUT2D eigenvalue weighted by molar-refractivity contribution is 6.30. The predicted molar refractivity (Wildman–Crippen MR) is 160 cm³/mol. The van der Waals surface area contributed by atoms with Crippen LogP contribution in [0.3, 0.4) is 0 Å². The SMILES string of the molecule is CO[C@@]1(C)COC[C@H]1n1c(Cc2cc(F)c(-c3cccc(OCc4ccc(Cl)cc4F)n3)cc2F)nc2ccc(C(=O)O)cc21. The molecule has 8 nitrogen and oxygen atoms in total. The molecule has 0 amide bonds. The van der Waals surface area contributed by atoms with Gasteiger partial charge in [0.2, 0.25) is 5.88 Å². The zero-order valence-electron chi connectivity index (χ0n) is 24.2. The van der Waals surface area contributed by atoms with Crippen LogP contribution >= 0.6 is 11.6 Å². The van der Waals surface area contributed by atoms with Crippen LogP contribution < -0.4 is 4.74 Å². The molecule has 2 aromatic heterocycles. The number of halogens is 4. The smallest absolute Gasteiger partial charge is 0.335 e. The Morgan fingerprint density at radius 3 is 2.60 bits per heavy atom. The van der Waals surface area contributed by atoms with Crippen molar-refractivity contribution in [3.8, 4) is 17.1 Å². The highest BCUT2D eigenvalue weighted by Gasteiger charge is 2.43. The lowest BCUT2D eigenvalue weighted by atomic mass is 9.99. The first kappa shape index (κ1) is 30.6. The third-order valence-corrected chi connectivity index (χ3v) is 8.27. The summed E-state index contributed by atoms with van der Waals surface area (Å²) in [4.78, 5) is 20.7. The van der Waals surface area contributed by atoms with Gasteiger partial charge in [0.1, 0.15) is 35.5 Å². The van der Waals surface area contributed by atoms with Crippen molar-refractivity contribution in [1.29, 1.82) is 0 Å². The summed E-state index contributed by atoms with van der Waals surface area (Å²) < 4.78 is 64.3. The molecule has 0 unspecified atom stereocenters. The second-order valence-corrected chi connectivity index (χ2v) is 11.4. The quantitative estimate of drug-likeness (QED) is 0.186. The molecule has 0 spiro atoms. The van der Waals surface area contributed by atoms with Crippen molar-refractivity contribution in [2.24, 2.45) is 0 Å². The molecule has 3 aromatic carbocycles. The normalized spacial score (nSPS) is 18.0. The molecule has 6 rings (SSSR count). The van der Waals surface area contributed by atoms with E-state index in [4.69, 9.17) is 25.8 Å². The first-order chi connectivity index (χ1) is 21.6. The monoisotopic (exact) mass is 637 g/mol. The second kappa shape index (κ2) is 12.2. The third kappa shape index (κ3) is 5.98. The highest BCUT2D eigenvalue weighted by atomic mass is 35.5. The Bertz CT molecular complexity index is 1930. The van der Waals surface area contributed by atoms with Crippen LogP contribution in [0.4, 0.5) is 13.2 Å². The van der Waals surface area contributed by atoms with Crippen molar-refractivity contribution >= 4 is 28.6 Å². The van der Waals surface area contributed by atoms with Gasteiger partial charge in [-0.1, -0.05) is 23.7 Å². The minimum absolute atomic E-state index is 0.0370. The average molecular weight is 638 g/mol. The molecule has 3 heterocycles. The van der Waals surface area contributed by atoms with Gasteiger partial charge in [-0.25, -0.2) is 27.9 Å². The lowest BCUT2D eigenvalue weighted by Gasteiger charge is -2.30. The van der Waals surface area contributed by atoms with Gasteiger partial charge in [0.25, 0.3) is 0 Å². The van der Waals surface area contributed by atoms with Crippen LogP contribution in [-0.4, -0.2) is 51.5 Å². The Morgan fingerprint density at radius 2 is 1.84 bits per heavy atom. The van der Waals surface area contributed by atoms with E-state index >= 15 is 8.78 Å². The minimum atomic E-state index is -1.10. The number of aromatic carboxylic acids is 1. The summed E-state index contributed by atoms with van der Waals surface area (Å²) >= 11 is 5.80. The van der Waals surface area contributed by atoms with Crippen LogP contribution in [0.15, 0.2) is 66.7 Å². The van der Waals surface area contributed by atoms with Gasteiger partial charge >= 0.3 is 5.97 Å². The van der Waals surface area contributed by atoms with E-state index in [9.17, 15) is 14.3 Å². The van der Waals surface area contributed by atoms with E-state index in [-0.39, 0.29) is 65.1 Å². The summed E-state index contributed by atoms with van der Waals surface area (Å²) in [5.74, 6) is -2.57. The van der Waals surface area contributed by atoms with Crippen molar-refractivity contribution in [2.75, 3.05) is 20.3 Å². The van der Waals surface area contributed by atoms with Crippen molar-refractivity contribution in [3.05, 3.63) is 112 Å². The van der Waals surface area contributed by atoms with E-state index in [0.717, 1.165) is 12.1 Å². The molecule has 1 aliphatic rings. The molecule has 0 bridgehead atoms. The molecular formula is C33H27ClF3N3O5. The lowest BCUT2D eigenvalue weighted by Crippen LogP contribution is -2.38. The van der Waals surface area contributed by atoms with Gasteiger partial charge in [0.05, 0.1) is 41.5 Å². The van der Waals surface area contributed by atoms with E-state index < -0.39 is 35.1 Å². The van der Waals surface area contributed by atoms with Gasteiger partial charge in [0, 0.05) is 35.7 Å². The summed E-state index contributed by atoms with van der Waals surface area (Å²) in [6, 6.07) is 15.1. The Balaban J connectivity index is 1.32. The number of benzene rings is 3. The molecule has 1 fully saturated rings. The van der Waals surface area contributed by atoms with E-state index in [1.807, 2.05) is 6.92 Å². The standard InChI is InChI=1S/C33H27ClF3N3O5/c1-33(43-2)17-44-16-29(33)40-28-11-18(32(41)42)7-9-27(28)38-30(40)12-20-10-25(37)22(14-24(20)36)26-4-3-5-31(39-26)45-15-19-6-8-21(34)13-23(19)35/h3-11,13-14,29H,12,15-17H2,1-2H3,(H,41,42)/t29-,33+/m1/s1. The van der Waals surface area contributed by atoms with Gasteiger partial charge < -0.3 is 23.9 Å². The maximum atomic E-state index is 15.7. The van der Waals surface area contributed by atoms with Crippen molar-refractivity contribution in [2.45, 2.75) is 31.6 Å². The summed E-state index contributed by atoms with van der Waals surface area (Å²) in [5.41, 5.74) is 0.635. The fraction of sp³-hybridized carbons (Fsp3) is 0.242. The maximum absolute atomic E-state index is 15.7. The number of imidazole rings is 1. The number of hydrogen-bond acceptors (Lipinski definition) is 6. The Labute approximate surface area is 261 Å². The van der Waals surface area contributed by atoms with E-state index in [1.54, 1.807) is 23.8 Å². The summed E-state index contributed by atoms with van der Waals surface area (Å²) in [6.45, 7) is 2.27. The predicted octanol–water partition coefficient (Wildman–Crippen LogP) is 7.01.